The summed E-state index contributed by atoms with van der Waals surface area (Å²) >= 11 is 0. The number of hydrogen-bond acceptors (Lipinski definition) is 7. The molecule has 3 heterocycles. The lowest BCUT2D eigenvalue weighted by atomic mass is 10.1. The van der Waals surface area contributed by atoms with E-state index in [2.05, 4.69) is 39.2 Å². The van der Waals surface area contributed by atoms with Gasteiger partial charge in [0.2, 0.25) is 5.95 Å². The number of hydrogen-bond donors (Lipinski definition) is 2. The van der Waals surface area contributed by atoms with Gasteiger partial charge in [0.25, 0.3) is 5.56 Å². The summed E-state index contributed by atoms with van der Waals surface area (Å²) in [6.07, 6.45) is 4.21. The predicted octanol–water partition coefficient (Wildman–Crippen LogP) is 3.02. The van der Waals surface area contributed by atoms with E-state index in [1.54, 1.807) is 21.6 Å². The molecule has 1 aliphatic carbocycles. The molecule has 10 nitrogen and oxygen atoms in total. The smallest absolute Gasteiger partial charge is 0.314 e. The zero-order chi connectivity index (χ0) is 23.8. The fraction of sp³-hybridized carbons (Fsp3) is 0.458. The van der Waals surface area contributed by atoms with Gasteiger partial charge in [-0.15, -0.1) is 10.2 Å². The van der Waals surface area contributed by atoms with E-state index in [0.29, 0.717) is 30.2 Å². The van der Waals surface area contributed by atoms with Crippen LogP contribution in [0.5, 0.6) is 0 Å². The minimum absolute atomic E-state index is 0.0464. The summed E-state index contributed by atoms with van der Waals surface area (Å²) in [7, 11) is 0. The molecule has 10 heteroatoms. The Kier molecular flexibility index (Phi) is 5.80. The van der Waals surface area contributed by atoms with Gasteiger partial charge in [0.05, 0.1) is 0 Å². The van der Waals surface area contributed by atoms with E-state index in [9.17, 15) is 9.59 Å². The number of nitrogens with two attached hydrogens (primary N) is 1. The summed E-state index contributed by atoms with van der Waals surface area (Å²) in [4.78, 5) is 32.8. The first-order chi connectivity index (χ1) is 16.4. The summed E-state index contributed by atoms with van der Waals surface area (Å²) in [5.74, 6) is 0.356. The van der Waals surface area contributed by atoms with Gasteiger partial charge in [-0.05, 0) is 57.0 Å². The fourth-order valence-electron chi connectivity index (χ4n) is 5.37. The molecule has 2 unspecified atom stereocenters. The number of urea groups is 1. The minimum Gasteiger partial charge on any atom is -0.363 e. The maximum atomic E-state index is 12.6. The quantitative estimate of drug-likeness (QED) is 0.611. The number of rotatable bonds is 4. The van der Waals surface area contributed by atoms with Crippen LogP contribution >= 0.6 is 0 Å². The van der Waals surface area contributed by atoms with Gasteiger partial charge in [-0.25, -0.2) is 4.79 Å². The average molecular weight is 463 g/mol. The molecule has 2 amide bonds. The van der Waals surface area contributed by atoms with Gasteiger partial charge >= 0.3 is 6.03 Å². The number of nitrogens with one attached hydrogen (secondary N) is 1. The van der Waals surface area contributed by atoms with Crippen molar-refractivity contribution in [2.24, 2.45) is 5.73 Å². The lowest BCUT2D eigenvalue weighted by Crippen LogP contribution is -2.59. The van der Waals surface area contributed by atoms with Crippen LogP contribution in [0.1, 0.15) is 45.6 Å². The first-order valence-electron chi connectivity index (χ1n) is 11.9. The molecule has 3 N–H and O–H groups in total. The van der Waals surface area contributed by atoms with Crippen LogP contribution < -0.4 is 21.5 Å². The largest absolute Gasteiger partial charge is 0.363 e. The maximum absolute atomic E-state index is 12.6. The Bertz CT molecular complexity index is 1240. The van der Waals surface area contributed by atoms with Crippen molar-refractivity contribution in [1.82, 2.24) is 24.6 Å². The first kappa shape index (κ1) is 22.1. The number of benzene rings is 1. The van der Waals surface area contributed by atoms with Gasteiger partial charge in [0.1, 0.15) is 5.52 Å². The van der Waals surface area contributed by atoms with E-state index in [1.165, 1.54) is 0 Å². The van der Waals surface area contributed by atoms with Crippen molar-refractivity contribution >= 4 is 34.5 Å². The number of anilines is 3. The van der Waals surface area contributed by atoms with E-state index in [0.717, 1.165) is 37.1 Å². The van der Waals surface area contributed by atoms with E-state index >= 15 is 0 Å². The second-order valence-electron chi connectivity index (χ2n) is 9.34. The number of nitrogens with zero attached hydrogens (tertiary/aromatic N) is 6. The normalized spacial score (nSPS) is 21.2. The van der Waals surface area contributed by atoms with E-state index in [4.69, 9.17) is 5.73 Å². The third-order valence-corrected chi connectivity index (χ3v) is 6.88. The SMILES string of the molecule is CC1CN(C(N)=O)CC(C)N1c1ccc(Nc2nnc3ccc(=O)n(C4CCCC4)c3n2)cc1. The molecule has 3 aromatic rings. The zero-order valence-electron chi connectivity index (χ0n) is 19.5. The lowest BCUT2D eigenvalue weighted by Gasteiger charge is -2.45. The van der Waals surface area contributed by atoms with Crippen LogP contribution in [0, 0.1) is 0 Å². The Balaban J connectivity index is 1.37. The van der Waals surface area contributed by atoms with Crippen LogP contribution in [0.4, 0.5) is 22.1 Å². The molecular formula is C24H30N8O2. The standard InChI is InChI=1S/C24H30N8O2/c1-15-13-30(23(25)34)14-16(2)31(15)19-9-7-17(8-10-19)26-24-27-22-20(28-29-24)11-12-21(33)32(22)18-5-3-4-6-18/h7-12,15-16,18H,3-6,13-14H2,1-2H3,(H2,25,34)(H,26,27,29). The molecule has 0 spiro atoms. The number of primary amides is 1. The Morgan fingerprint density at radius 3 is 2.32 bits per heavy atom. The number of aromatic nitrogens is 4. The molecule has 2 atom stereocenters. The lowest BCUT2D eigenvalue weighted by molar-refractivity contribution is 0.185. The Hall–Kier alpha value is -3.69. The van der Waals surface area contributed by atoms with Crippen LogP contribution in [0.2, 0.25) is 0 Å². The summed E-state index contributed by atoms with van der Waals surface area (Å²) < 4.78 is 1.78. The van der Waals surface area contributed by atoms with Gasteiger partial charge in [0.15, 0.2) is 5.65 Å². The third-order valence-electron chi connectivity index (χ3n) is 6.88. The van der Waals surface area contributed by atoms with Crippen LogP contribution in [-0.2, 0) is 0 Å². The highest BCUT2D eigenvalue weighted by Gasteiger charge is 2.31. The zero-order valence-corrected chi connectivity index (χ0v) is 19.5. The average Bonchev–Trinajstić information content (AvgIpc) is 3.34. The van der Waals surface area contributed by atoms with Crippen molar-refractivity contribution in [1.29, 1.82) is 0 Å². The van der Waals surface area contributed by atoms with Crippen molar-refractivity contribution in [3.63, 3.8) is 0 Å². The second-order valence-corrected chi connectivity index (χ2v) is 9.34. The van der Waals surface area contributed by atoms with Crippen LogP contribution in [0.3, 0.4) is 0 Å². The van der Waals surface area contributed by atoms with E-state index in [-0.39, 0.29) is 29.7 Å². The number of pyridine rings is 1. The van der Waals surface area contributed by atoms with Crippen molar-refractivity contribution in [2.45, 2.75) is 57.7 Å². The number of fused-ring (bicyclic) bond motifs is 1. The second kappa shape index (κ2) is 8.92. The molecule has 2 aliphatic rings. The Morgan fingerprint density at radius 1 is 1.00 bits per heavy atom. The molecule has 2 aromatic heterocycles. The minimum atomic E-state index is -0.375. The highest BCUT2D eigenvalue weighted by Crippen LogP contribution is 2.30. The molecular weight excluding hydrogens is 432 g/mol. The fourth-order valence-corrected chi connectivity index (χ4v) is 5.37. The van der Waals surface area contributed by atoms with Crippen molar-refractivity contribution < 1.29 is 4.79 Å². The van der Waals surface area contributed by atoms with Gasteiger partial charge in [-0.2, -0.15) is 4.98 Å². The number of amides is 2. The summed E-state index contributed by atoms with van der Waals surface area (Å²) in [5, 5.41) is 11.7. The van der Waals surface area contributed by atoms with Crippen LogP contribution in [-0.4, -0.2) is 55.9 Å². The van der Waals surface area contributed by atoms with Crippen molar-refractivity contribution in [2.75, 3.05) is 23.3 Å². The molecule has 34 heavy (non-hydrogen) atoms. The van der Waals surface area contributed by atoms with Gasteiger partial charge in [-0.1, -0.05) is 12.8 Å². The number of piperazine rings is 1. The van der Waals surface area contributed by atoms with Crippen LogP contribution in [0.25, 0.3) is 11.2 Å². The van der Waals surface area contributed by atoms with E-state index < -0.39 is 0 Å². The Morgan fingerprint density at radius 2 is 1.68 bits per heavy atom. The maximum Gasteiger partial charge on any atom is 0.314 e. The highest BCUT2D eigenvalue weighted by atomic mass is 16.2. The highest BCUT2D eigenvalue weighted by molar-refractivity contribution is 5.73. The first-order valence-corrected chi connectivity index (χ1v) is 11.9. The molecule has 1 saturated carbocycles. The van der Waals surface area contributed by atoms with Crippen LogP contribution in [0.15, 0.2) is 41.2 Å². The predicted molar refractivity (Wildman–Crippen MR) is 131 cm³/mol. The molecule has 178 valence electrons. The molecule has 1 saturated heterocycles. The molecule has 5 rings (SSSR count). The summed E-state index contributed by atoms with van der Waals surface area (Å²) in [6, 6.07) is 11.3. The summed E-state index contributed by atoms with van der Waals surface area (Å²) in [5.41, 5.74) is 8.52. The Labute approximate surface area is 197 Å². The summed E-state index contributed by atoms with van der Waals surface area (Å²) in [6.45, 7) is 5.38. The third kappa shape index (κ3) is 4.15. The number of carbonyl (C=O) groups is 1. The topological polar surface area (TPSA) is 122 Å². The van der Waals surface area contributed by atoms with Gasteiger partial charge < -0.3 is 20.9 Å². The molecule has 2 fully saturated rings. The number of carbonyl (C=O) groups excluding carboxylic acids is 1. The monoisotopic (exact) mass is 462 g/mol. The van der Waals surface area contributed by atoms with Crippen molar-refractivity contribution in [3.8, 4) is 0 Å². The molecule has 1 aliphatic heterocycles. The van der Waals surface area contributed by atoms with Crippen molar-refractivity contribution in [3.05, 3.63) is 46.8 Å². The van der Waals surface area contributed by atoms with Gasteiger partial charge in [0, 0.05) is 48.7 Å². The molecule has 1 aromatic carbocycles. The van der Waals surface area contributed by atoms with Gasteiger partial charge in [-0.3, -0.25) is 9.36 Å². The molecule has 0 radical (unpaired) electrons. The van der Waals surface area contributed by atoms with E-state index in [1.807, 2.05) is 24.3 Å². The molecule has 0 bridgehead atoms.